The molecule has 0 N–H and O–H groups in total. The molecule has 2 aliphatic rings. The van der Waals surface area contributed by atoms with Crippen molar-refractivity contribution in [2.24, 2.45) is 13.0 Å². The van der Waals surface area contributed by atoms with Gasteiger partial charge in [-0.3, -0.25) is 9.48 Å². The summed E-state index contributed by atoms with van der Waals surface area (Å²) in [5.41, 5.74) is 1.19. The molecule has 3 atom stereocenters. The number of likely N-dealkylation sites (tertiary alicyclic amines) is 1. The Morgan fingerprint density at radius 2 is 2.20 bits per heavy atom. The minimum atomic E-state index is 0.102. The second-order valence-electron chi connectivity index (χ2n) is 7.45. The Hall–Kier alpha value is -2.04. The number of hydrogen-bond donors (Lipinski definition) is 0. The van der Waals surface area contributed by atoms with E-state index in [1.807, 2.05) is 24.1 Å². The molecule has 0 bridgehead atoms. The zero-order valence-corrected chi connectivity index (χ0v) is 15.1. The molecule has 1 saturated carbocycles. The van der Waals surface area contributed by atoms with Crippen molar-refractivity contribution >= 4 is 5.91 Å². The number of rotatable bonds is 4. The molecule has 4 rings (SSSR count). The van der Waals surface area contributed by atoms with Crippen molar-refractivity contribution in [3.05, 3.63) is 41.6 Å². The standard InChI is InChI=1S/C20H27N3O2/c1-3-15-8-9-19(25-15)18-7-5-4-6-10-23(18)20(24)17-11-16(17)14-12-21-22(2)13-14/h8-9,12-13,16-18H,3-7,10-11H2,1-2H3. The van der Waals surface area contributed by atoms with E-state index < -0.39 is 0 Å². The summed E-state index contributed by atoms with van der Waals surface area (Å²) in [5, 5.41) is 4.25. The molecule has 0 aromatic carbocycles. The molecule has 25 heavy (non-hydrogen) atoms. The van der Waals surface area contributed by atoms with Crippen LogP contribution in [0.4, 0.5) is 0 Å². The summed E-state index contributed by atoms with van der Waals surface area (Å²) in [6, 6.07) is 4.23. The van der Waals surface area contributed by atoms with Crippen molar-refractivity contribution in [1.29, 1.82) is 0 Å². The second kappa shape index (κ2) is 6.70. The molecule has 1 saturated heterocycles. The van der Waals surface area contributed by atoms with Crippen molar-refractivity contribution in [3.8, 4) is 0 Å². The topological polar surface area (TPSA) is 51.3 Å². The van der Waals surface area contributed by atoms with Crippen LogP contribution in [-0.4, -0.2) is 27.1 Å². The summed E-state index contributed by atoms with van der Waals surface area (Å²) >= 11 is 0. The molecule has 1 aliphatic carbocycles. The maximum absolute atomic E-state index is 13.2. The first-order valence-corrected chi connectivity index (χ1v) is 9.55. The maximum Gasteiger partial charge on any atom is 0.226 e. The van der Waals surface area contributed by atoms with E-state index >= 15 is 0 Å². The number of nitrogens with zero attached hydrogens (tertiary/aromatic N) is 3. The van der Waals surface area contributed by atoms with Crippen LogP contribution >= 0.6 is 0 Å². The molecule has 0 spiro atoms. The highest BCUT2D eigenvalue weighted by Gasteiger charge is 2.47. The number of hydrogen-bond acceptors (Lipinski definition) is 3. The van der Waals surface area contributed by atoms with Crippen molar-refractivity contribution in [1.82, 2.24) is 14.7 Å². The smallest absolute Gasteiger partial charge is 0.226 e. The number of amides is 1. The summed E-state index contributed by atoms with van der Waals surface area (Å²) in [4.78, 5) is 15.3. The maximum atomic E-state index is 13.2. The highest BCUT2D eigenvalue weighted by atomic mass is 16.3. The number of carbonyl (C=O) groups excluding carboxylic acids is 1. The largest absolute Gasteiger partial charge is 0.464 e. The minimum Gasteiger partial charge on any atom is -0.464 e. The Labute approximate surface area is 149 Å². The van der Waals surface area contributed by atoms with Gasteiger partial charge in [0.15, 0.2) is 0 Å². The van der Waals surface area contributed by atoms with Crippen molar-refractivity contribution in [3.63, 3.8) is 0 Å². The number of aromatic nitrogens is 2. The number of aryl methyl sites for hydroxylation is 2. The van der Waals surface area contributed by atoms with Crippen LogP contribution in [0.1, 0.15) is 68.1 Å². The van der Waals surface area contributed by atoms with Gasteiger partial charge in [-0.25, -0.2) is 0 Å². The lowest BCUT2D eigenvalue weighted by Gasteiger charge is -2.29. The van der Waals surface area contributed by atoms with Gasteiger partial charge in [0.1, 0.15) is 11.5 Å². The molecule has 0 radical (unpaired) electrons. The molecule has 5 nitrogen and oxygen atoms in total. The first-order valence-electron chi connectivity index (χ1n) is 9.55. The van der Waals surface area contributed by atoms with Crippen LogP contribution in [-0.2, 0) is 18.3 Å². The van der Waals surface area contributed by atoms with Crippen LogP contribution in [0.2, 0.25) is 0 Å². The Morgan fingerprint density at radius 1 is 1.32 bits per heavy atom. The first-order chi connectivity index (χ1) is 12.2. The fourth-order valence-corrected chi connectivity index (χ4v) is 4.11. The summed E-state index contributed by atoms with van der Waals surface area (Å²) in [7, 11) is 1.93. The molecule has 2 aromatic heterocycles. The van der Waals surface area contributed by atoms with E-state index in [-0.39, 0.29) is 12.0 Å². The number of furan rings is 1. The Bertz CT molecular complexity index is 748. The number of carbonyl (C=O) groups is 1. The predicted octanol–water partition coefficient (Wildman–Crippen LogP) is 3.82. The summed E-state index contributed by atoms with van der Waals surface area (Å²) in [5.74, 6) is 2.73. The Balaban J connectivity index is 1.52. The van der Waals surface area contributed by atoms with Crippen molar-refractivity contribution < 1.29 is 9.21 Å². The third kappa shape index (κ3) is 3.24. The van der Waals surface area contributed by atoms with Crippen LogP contribution in [0, 0.1) is 5.92 Å². The van der Waals surface area contributed by atoms with Crippen LogP contribution in [0.25, 0.3) is 0 Å². The zero-order chi connectivity index (χ0) is 17.4. The highest BCUT2D eigenvalue weighted by molar-refractivity contribution is 5.83. The van der Waals surface area contributed by atoms with Gasteiger partial charge in [0.2, 0.25) is 5.91 Å². The quantitative estimate of drug-likeness (QED) is 0.849. The van der Waals surface area contributed by atoms with E-state index in [0.717, 1.165) is 50.2 Å². The molecule has 5 heteroatoms. The van der Waals surface area contributed by atoms with Crippen LogP contribution in [0.3, 0.4) is 0 Å². The third-order valence-electron chi connectivity index (χ3n) is 5.66. The SMILES string of the molecule is CCc1ccc(C2CCCCCN2C(=O)C2CC2c2cnn(C)c2)o1. The van der Waals surface area contributed by atoms with Crippen molar-refractivity contribution in [2.45, 2.75) is 57.4 Å². The van der Waals surface area contributed by atoms with E-state index in [4.69, 9.17) is 4.42 Å². The molecule has 2 fully saturated rings. The van der Waals surface area contributed by atoms with Gasteiger partial charge in [-0.15, -0.1) is 0 Å². The highest BCUT2D eigenvalue weighted by Crippen LogP contribution is 2.49. The van der Waals surface area contributed by atoms with Gasteiger partial charge in [0.25, 0.3) is 0 Å². The van der Waals surface area contributed by atoms with Crippen LogP contribution in [0.15, 0.2) is 28.9 Å². The van der Waals surface area contributed by atoms with Gasteiger partial charge in [-0.05, 0) is 42.9 Å². The van der Waals surface area contributed by atoms with Gasteiger partial charge in [-0.2, -0.15) is 5.10 Å². The summed E-state index contributed by atoms with van der Waals surface area (Å²) < 4.78 is 7.83. The minimum absolute atomic E-state index is 0.102. The van der Waals surface area contributed by atoms with E-state index in [1.54, 1.807) is 0 Å². The molecule has 134 valence electrons. The van der Waals surface area contributed by atoms with Crippen molar-refractivity contribution in [2.75, 3.05) is 6.54 Å². The summed E-state index contributed by atoms with van der Waals surface area (Å²) in [6.45, 7) is 2.95. The lowest BCUT2D eigenvalue weighted by molar-refractivity contribution is -0.135. The molecule has 3 unspecified atom stereocenters. The zero-order valence-electron chi connectivity index (χ0n) is 15.1. The molecule has 1 aliphatic heterocycles. The fraction of sp³-hybridized carbons (Fsp3) is 0.600. The Kier molecular flexibility index (Phi) is 4.40. The third-order valence-corrected chi connectivity index (χ3v) is 5.66. The lowest BCUT2D eigenvalue weighted by Crippen LogP contribution is -2.36. The van der Waals surface area contributed by atoms with E-state index in [2.05, 4.69) is 29.1 Å². The molecule has 3 heterocycles. The fourth-order valence-electron chi connectivity index (χ4n) is 4.11. The van der Waals surface area contributed by atoms with Gasteiger partial charge in [0.05, 0.1) is 12.2 Å². The van der Waals surface area contributed by atoms with Gasteiger partial charge >= 0.3 is 0 Å². The average molecular weight is 341 g/mol. The lowest BCUT2D eigenvalue weighted by atomic mass is 10.1. The molecular weight excluding hydrogens is 314 g/mol. The predicted molar refractivity (Wildman–Crippen MR) is 95.1 cm³/mol. The van der Waals surface area contributed by atoms with Gasteiger partial charge < -0.3 is 9.32 Å². The normalized spacial score (nSPS) is 26.5. The second-order valence-corrected chi connectivity index (χ2v) is 7.45. The molecular formula is C20H27N3O2. The van der Waals surface area contributed by atoms with E-state index in [0.29, 0.717) is 11.8 Å². The Morgan fingerprint density at radius 3 is 2.92 bits per heavy atom. The summed E-state index contributed by atoms with van der Waals surface area (Å²) in [6.07, 6.45) is 10.2. The first kappa shape index (κ1) is 16.4. The van der Waals surface area contributed by atoms with E-state index in [9.17, 15) is 4.79 Å². The monoisotopic (exact) mass is 341 g/mol. The average Bonchev–Trinajstić information content (AvgIpc) is 3.18. The van der Waals surface area contributed by atoms with Gasteiger partial charge in [0, 0.05) is 32.1 Å². The van der Waals surface area contributed by atoms with E-state index in [1.165, 1.54) is 12.0 Å². The van der Waals surface area contributed by atoms with Crippen LogP contribution < -0.4 is 0 Å². The van der Waals surface area contributed by atoms with Gasteiger partial charge in [-0.1, -0.05) is 19.8 Å². The van der Waals surface area contributed by atoms with Crippen LogP contribution in [0.5, 0.6) is 0 Å². The molecule has 1 amide bonds. The molecule has 2 aromatic rings.